The fourth-order valence-corrected chi connectivity index (χ4v) is 2.72. The second kappa shape index (κ2) is 5.51. The Morgan fingerprint density at radius 2 is 1.86 bits per heavy atom. The van der Waals surface area contributed by atoms with Crippen molar-refractivity contribution >= 4 is 22.6 Å². The molecule has 4 heteroatoms. The Morgan fingerprint density at radius 1 is 1.14 bits per heavy atom. The lowest BCUT2D eigenvalue weighted by Gasteiger charge is -2.13. The monoisotopic (exact) mass is 299 g/mol. The molecule has 1 aromatic heterocycles. The van der Waals surface area contributed by atoms with Crippen molar-refractivity contribution in [1.29, 1.82) is 0 Å². The van der Waals surface area contributed by atoms with E-state index >= 15 is 0 Å². The molecule has 0 aliphatic heterocycles. The first-order chi connectivity index (χ1) is 10.1. The van der Waals surface area contributed by atoms with Crippen LogP contribution in [-0.2, 0) is 6.54 Å². The summed E-state index contributed by atoms with van der Waals surface area (Å²) < 4.78 is 2.25. The number of rotatable bonds is 3. The van der Waals surface area contributed by atoms with E-state index in [2.05, 4.69) is 36.6 Å². The number of imidazole rings is 1. The van der Waals surface area contributed by atoms with E-state index in [-0.39, 0.29) is 0 Å². The minimum Gasteiger partial charge on any atom is -0.326 e. The molecule has 0 spiro atoms. The maximum atomic E-state index is 5.98. The van der Waals surface area contributed by atoms with Gasteiger partial charge in [0, 0.05) is 23.2 Å². The largest absolute Gasteiger partial charge is 0.326 e. The van der Waals surface area contributed by atoms with Crippen LogP contribution >= 0.6 is 11.6 Å². The zero-order valence-electron chi connectivity index (χ0n) is 12.2. The van der Waals surface area contributed by atoms with Gasteiger partial charge in [-0.15, -0.1) is 0 Å². The van der Waals surface area contributed by atoms with Crippen LogP contribution in [0.2, 0.25) is 5.02 Å². The van der Waals surface area contributed by atoms with Gasteiger partial charge in [0.25, 0.3) is 0 Å². The molecule has 21 heavy (non-hydrogen) atoms. The number of benzene rings is 2. The van der Waals surface area contributed by atoms with Crippen molar-refractivity contribution in [3.63, 3.8) is 0 Å². The average Bonchev–Trinajstić information content (AvgIpc) is 2.86. The second-order valence-electron chi connectivity index (χ2n) is 5.43. The Morgan fingerprint density at radius 3 is 2.48 bits per heavy atom. The number of aromatic nitrogens is 2. The van der Waals surface area contributed by atoms with Gasteiger partial charge in [-0.05, 0) is 55.8 Å². The van der Waals surface area contributed by atoms with E-state index in [1.807, 2.05) is 24.3 Å². The summed E-state index contributed by atoms with van der Waals surface area (Å²) in [6, 6.07) is 14.4. The Hall–Kier alpha value is -1.84. The van der Waals surface area contributed by atoms with Gasteiger partial charge in [-0.3, -0.25) is 0 Å². The number of nitrogens with two attached hydrogens (primary N) is 1. The van der Waals surface area contributed by atoms with Crippen LogP contribution in [0.5, 0.6) is 0 Å². The normalized spacial score (nSPS) is 11.5. The fourth-order valence-electron chi connectivity index (χ4n) is 2.60. The lowest BCUT2D eigenvalue weighted by Crippen LogP contribution is -2.03. The number of hydrogen-bond donors (Lipinski definition) is 1. The smallest absolute Gasteiger partial charge is 0.141 e. The molecule has 0 aliphatic rings. The van der Waals surface area contributed by atoms with Crippen molar-refractivity contribution in [2.75, 3.05) is 0 Å². The fraction of sp³-hybridized carbons (Fsp3) is 0.235. The van der Waals surface area contributed by atoms with Gasteiger partial charge < -0.3 is 10.3 Å². The van der Waals surface area contributed by atoms with Crippen LogP contribution in [-0.4, -0.2) is 9.55 Å². The van der Waals surface area contributed by atoms with Crippen LogP contribution in [0.4, 0.5) is 0 Å². The van der Waals surface area contributed by atoms with Crippen LogP contribution in [0.3, 0.4) is 0 Å². The Labute approximate surface area is 129 Å². The average molecular weight is 300 g/mol. The molecule has 0 saturated carbocycles. The summed E-state index contributed by atoms with van der Waals surface area (Å²) in [7, 11) is 0. The standard InChI is InChI=1S/C17H18ClN3/c1-11(2)21-16-8-3-12(10-19)9-15(16)20-17(21)13-4-6-14(18)7-5-13/h3-9,11H,10,19H2,1-2H3. The molecular formula is C17H18ClN3. The van der Waals surface area contributed by atoms with Crippen molar-refractivity contribution in [1.82, 2.24) is 9.55 Å². The SMILES string of the molecule is CC(C)n1c(-c2ccc(Cl)cc2)nc2cc(CN)ccc21. The Kier molecular flexibility index (Phi) is 3.70. The summed E-state index contributed by atoms with van der Waals surface area (Å²) in [4.78, 5) is 4.81. The first-order valence-corrected chi connectivity index (χ1v) is 7.45. The number of nitrogens with zero attached hydrogens (tertiary/aromatic N) is 2. The third-order valence-corrected chi connectivity index (χ3v) is 3.86. The number of halogens is 1. The molecule has 3 rings (SSSR count). The van der Waals surface area contributed by atoms with E-state index in [1.54, 1.807) is 0 Å². The van der Waals surface area contributed by atoms with Gasteiger partial charge in [-0.2, -0.15) is 0 Å². The molecule has 0 unspecified atom stereocenters. The van der Waals surface area contributed by atoms with Gasteiger partial charge in [0.15, 0.2) is 0 Å². The van der Waals surface area contributed by atoms with Crippen molar-refractivity contribution in [3.8, 4) is 11.4 Å². The topological polar surface area (TPSA) is 43.8 Å². The zero-order valence-corrected chi connectivity index (χ0v) is 12.9. The highest BCUT2D eigenvalue weighted by molar-refractivity contribution is 6.30. The molecule has 0 radical (unpaired) electrons. The molecule has 3 nitrogen and oxygen atoms in total. The zero-order chi connectivity index (χ0) is 15.0. The first kappa shape index (κ1) is 14.1. The highest BCUT2D eigenvalue weighted by Crippen LogP contribution is 2.29. The molecular weight excluding hydrogens is 282 g/mol. The van der Waals surface area contributed by atoms with E-state index in [0.717, 1.165) is 33.0 Å². The van der Waals surface area contributed by atoms with Gasteiger partial charge in [-0.25, -0.2) is 4.98 Å². The number of hydrogen-bond acceptors (Lipinski definition) is 2. The molecule has 0 bridgehead atoms. The highest BCUT2D eigenvalue weighted by atomic mass is 35.5. The maximum Gasteiger partial charge on any atom is 0.141 e. The van der Waals surface area contributed by atoms with E-state index in [4.69, 9.17) is 22.3 Å². The predicted octanol–water partition coefficient (Wildman–Crippen LogP) is 4.40. The quantitative estimate of drug-likeness (QED) is 0.779. The predicted molar refractivity (Wildman–Crippen MR) is 88.5 cm³/mol. The third-order valence-electron chi connectivity index (χ3n) is 3.61. The second-order valence-corrected chi connectivity index (χ2v) is 5.87. The summed E-state index contributed by atoms with van der Waals surface area (Å²) >= 11 is 5.98. The molecule has 0 aliphatic carbocycles. The van der Waals surface area contributed by atoms with E-state index < -0.39 is 0 Å². The summed E-state index contributed by atoms with van der Waals surface area (Å²) in [6.07, 6.45) is 0. The van der Waals surface area contributed by atoms with Crippen molar-refractivity contribution in [2.24, 2.45) is 5.73 Å². The molecule has 0 amide bonds. The van der Waals surface area contributed by atoms with Crippen LogP contribution in [0.15, 0.2) is 42.5 Å². The van der Waals surface area contributed by atoms with Crippen LogP contribution in [0, 0.1) is 0 Å². The number of fused-ring (bicyclic) bond motifs is 1. The molecule has 108 valence electrons. The van der Waals surface area contributed by atoms with Crippen LogP contribution in [0.25, 0.3) is 22.4 Å². The molecule has 0 fully saturated rings. The minimum atomic E-state index is 0.324. The molecule has 2 N–H and O–H groups in total. The van der Waals surface area contributed by atoms with Gasteiger partial charge in [0.2, 0.25) is 0 Å². The van der Waals surface area contributed by atoms with E-state index in [0.29, 0.717) is 12.6 Å². The van der Waals surface area contributed by atoms with Crippen molar-refractivity contribution < 1.29 is 0 Å². The summed E-state index contributed by atoms with van der Waals surface area (Å²) in [5.41, 5.74) is 10.0. The van der Waals surface area contributed by atoms with Gasteiger partial charge in [0.1, 0.15) is 5.82 Å². The molecule has 3 aromatic rings. The van der Waals surface area contributed by atoms with Gasteiger partial charge in [-0.1, -0.05) is 17.7 Å². The Balaban J connectivity index is 2.25. The summed E-state index contributed by atoms with van der Waals surface area (Å²) in [5, 5.41) is 0.733. The van der Waals surface area contributed by atoms with Gasteiger partial charge >= 0.3 is 0 Å². The van der Waals surface area contributed by atoms with Gasteiger partial charge in [0.05, 0.1) is 11.0 Å². The summed E-state index contributed by atoms with van der Waals surface area (Å²) in [5.74, 6) is 0.964. The molecule has 1 heterocycles. The van der Waals surface area contributed by atoms with Crippen LogP contribution in [0.1, 0.15) is 25.5 Å². The lowest BCUT2D eigenvalue weighted by atomic mass is 10.2. The summed E-state index contributed by atoms with van der Waals surface area (Å²) in [6.45, 7) is 4.86. The third kappa shape index (κ3) is 2.55. The van der Waals surface area contributed by atoms with E-state index in [9.17, 15) is 0 Å². The first-order valence-electron chi connectivity index (χ1n) is 7.07. The minimum absolute atomic E-state index is 0.324. The molecule has 0 atom stereocenters. The highest BCUT2D eigenvalue weighted by Gasteiger charge is 2.15. The van der Waals surface area contributed by atoms with Crippen molar-refractivity contribution in [2.45, 2.75) is 26.4 Å². The van der Waals surface area contributed by atoms with Crippen LogP contribution < -0.4 is 5.73 Å². The maximum absolute atomic E-state index is 5.98. The van der Waals surface area contributed by atoms with E-state index in [1.165, 1.54) is 0 Å². The molecule has 2 aromatic carbocycles. The Bertz CT molecular complexity index is 773. The van der Waals surface area contributed by atoms with Crippen molar-refractivity contribution in [3.05, 3.63) is 53.1 Å². The molecule has 0 saturated heterocycles. The lowest BCUT2D eigenvalue weighted by molar-refractivity contribution is 0.624.